The quantitative estimate of drug-likeness (QED) is 0.715. The maximum absolute atomic E-state index is 12.2. The van der Waals surface area contributed by atoms with Crippen molar-refractivity contribution in [3.63, 3.8) is 0 Å². The van der Waals surface area contributed by atoms with Crippen molar-refractivity contribution in [3.05, 3.63) is 11.0 Å². The number of aryl methyl sites for hydroxylation is 1. The molecule has 1 aliphatic carbocycles. The van der Waals surface area contributed by atoms with Crippen LogP contribution < -0.4 is 10.2 Å². The highest BCUT2D eigenvalue weighted by atomic mass is 35.5. The number of carbonyl (C=O) groups excluding carboxylic acids is 1. The third-order valence-electron chi connectivity index (χ3n) is 3.85. The molecule has 3 rings (SSSR count). The number of carbonyl (C=O) groups is 1. The van der Waals surface area contributed by atoms with E-state index >= 15 is 0 Å². The Morgan fingerprint density at radius 3 is 2.71 bits per heavy atom. The first kappa shape index (κ1) is 10.8. The van der Waals surface area contributed by atoms with Gasteiger partial charge in [0.25, 0.3) is 0 Å². The molecule has 0 atom stereocenters. The van der Waals surface area contributed by atoms with Crippen LogP contribution in [0.1, 0.15) is 25.0 Å². The summed E-state index contributed by atoms with van der Waals surface area (Å²) < 4.78 is 0. The van der Waals surface area contributed by atoms with Crippen LogP contribution in [0.4, 0.5) is 11.5 Å². The predicted octanol–water partition coefficient (Wildman–Crippen LogP) is 1.75. The minimum Gasteiger partial charge on any atom is -0.343 e. The van der Waals surface area contributed by atoms with E-state index in [-0.39, 0.29) is 11.2 Å². The number of nitrogens with zero attached hydrogens (tertiary/aromatic N) is 3. The van der Waals surface area contributed by atoms with Crippen molar-refractivity contribution in [2.45, 2.75) is 31.7 Å². The van der Waals surface area contributed by atoms with Gasteiger partial charge in [0.05, 0.1) is 5.69 Å². The fourth-order valence-electron chi connectivity index (χ4n) is 2.57. The molecule has 1 aromatic rings. The average Bonchev–Trinajstić information content (AvgIpc) is 2.18. The monoisotopic (exact) mass is 252 g/mol. The van der Waals surface area contributed by atoms with Crippen molar-refractivity contribution in [3.8, 4) is 0 Å². The van der Waals surface area contributed by atoms with E-state index < -0.39 is 5.54 Å². The molecule has 17 heavy (non-hydrogen) atoms. The molecule has 0 bridgehead atoms. The van der Waals surface area contributed by atoms with Gasteiger partial charge in [-0.25, -0.2) is 4.98 Å². The van der Waals surface area contributed by atoms with Crippen molar-refractivity contribution >= 4 is 29.0 Å². The second kappa shape index (κ2) is 3.32. The second-order valence-electron chi connectivity index (χ2n) is 4.67. The Hall–Kier alpha value is -1.36. The van der Waals surface area contributed by atoms with E-state index in [4.69, 9.17) is 11.6 Å². The van der Waals surface area contributed by atoms with E-state index in [2.05, 4.69) is 15.3 Å². The van der Waals surface area contributed by atoms with E-state index in [1.54, 1.807) is 0 Å². The molecule has 0 aromatic carbocycles. The van der Waals surface area contributed by atoms with Crippen LogP contribution in [-0.2, 0) is 4.79 Å². The number of amides is 1. The maximum atomic E-state index is 12.2. The largest absolute Gasteiger partial charge is 0.343 e. The van der Waals surface area contributed by atoms with Crippen LogP contribution in [0.15, 0.2) is 0 Å². The molecule has 2 aliphatic rings. The number of hydrogen-bond donors (Lipinski definition) is 1. The summed E-state index contributed by atoms with van der Waals surface area (Å²) in [4.78, 5) is 22.4. The standard InChI is InChI=1S/C11H13ClN4O/c1-6-7-8(15-10(12)13-6)16(2)11(4-3-5-11)9(17)14-7/h3-5H2,1-2H3,(H,14,17). The number of halogens is 1. The number of rotatable bonds is 0. The molecule has 1 fully saturated rings. The van der Waals surface area contributed by atoms with Gasteiger partial charge >= 0.3 is 0 Å². The molecule has 1 spiro atoms. The smallest absolute Gasteiger partial charge is 0.250 e. The summed E-state index contributed by atoms with van der Waals surface area (Å²) >= 11 is 5.88. The number of fused-ring (bicyclic) bond motifs is 1. The first-order valence-electron chi connectivity index (χ1n) is 5.64. The van der Waals surface area contributed by atoms with E-state index in [0.717, 1.165) is 25.1 Å². The van der Waals surface area contributed by atoms with E-state index in [9.17, 15) is 4.79 Å². The Morgan fingerprint density at radius 2 is 2.12 bits per heavy atom. The van der Waals surface area contributed by atoms with Gasteiger partial charge < -0.3 is 10.2 Å². The molecule has 0 unspecified atom stereocenters. The molecule has 1 saturated carbocycles. The van der Waals surface area contributed by atoms with Gasteiger partial charge in [-0.15, -0.1) is 0 Å². The highest BCUT2D eigenvalue weighted by molar-refractivity contribution is 6.28. The second-order valence-corrected chi connectivity index (χ2v) is 5.01. The lowest BCUT2D eigenvalue weighted by atomic mass is 9.73. The van der Waals surface area contributed by atoms with E-state index in [1.165, 1.54) is 0 Å². The first-order valence-corrected chi connectivity index (χ1v) is 6.02. The normalized spacial score (nSPS) is 20.9. The molecular formula is C11H13ClN4O. The van der Waals surface area contributed by atoms with E-state index in [0.29, 0.717) is 11.4 Å². The number of anilines is 2. The zero-order chi connectivity index (χ0) is 12.2. The molecule has 90 valence electrons. The minimum atomic E-state index is -0.420. The Morgan fingerprint density at radius 1 is 1.41 bits per heavy atom. The molecule has 0 saturated heterocycles. The number of likely N-dealkylation sites (N-methyl/N-ethyl adjacent to an activating group) is 1. The Balaban J connectivity index is 2.16. The highest BCUT2D eigenvalue weighted by Crippen LogP contribution is 2.45. The van der Waals surface area contributed by atoms with Crippen LogP contribution in [0.3, 0.4) is 0 Å². The lowest BCUT2D eigenvalue weighted by Gasteiger charge is -2.50. The molecular weight excluding hydrogens is 240 g/mol. The van der Waals surface area contributed by atoms with Gasteiger partial charge in [-0.2, -0.15) is 4.98 Å². The van der Waals surface area contributed by atoms with Crippen molar-refractivity contribution in [1.82, 2.24) is 9.97 Å². The lowest BCUT2D eigenvalue weighted by Crippen LogP contribution is -2.63. The molecule has 5 nitrogen and oxygen atoms in total. The fraction of sp³-hybridized carbons (Fsp3) is 0.545. The molecule has 1 aromatic heterocycles. The first-order chi connectivity index (χ1) is 8.04. The zero-order valence-corrected chi connectivity index (χ0v) is 10.5. The fourth-order valence-corrected chi connectivity index (χ4v) is 2.78. The average molecular weight is 253 g/mol. The molecule has 1 aliphatic heterocycles. The SMILES string of the molecule is Cc1nc(Cl)nc2c1NC(=O)C1(CCC1)N2C. The molecule has 2 heterocycles. The summed E-state index contributed by atoms with van der Waals surface area (Å²) in [6.07, 6.45) is 2.82. The zero-order valence-electron chi connectivity index (χ0n) is 9.75. The van der Waals surface area contributed by atoms with Gasteiger partial charge in [-0.1, -0.05) is 0 Å². The molecule has 1 amide bonds. The highest BCUT2D eigenvalue weighted by Gasteiger charge is 2.51. The van der Waals surface area contributed by atoms with E-state index in [1.807, 2.05) is 18.9 Å². The number of aromatic nitrogens is 2. The van der Waals surface area contributed by atoms with Crippen molar-refractivity contribution in [2.24, 2.45) is 0 Å². The maximum Gasteiger partial charge on any atom is 0.250 e. The molecule has 6 heteroatoms. The van der Waals surface area contributed by atoms with Gasteiger partial charge in [0.15, 0.2) is 5.82 Å². The Kier molecular flexibility index (Phi) is 2.10. The predicted molar refractivity (Wildman–Crippen MR) is 65.4 cm³/mol. The van der Waals surface area contributed by atoms with Crippen LogP contribution in [0.25, 0.3) is 0 Å². The Labute approximate surface area is 104 Å². The van der Waals surface area contributed by atoms with Crippen molar-refractivity contribution in [2.75, 3.05) is 17.3 Å². The third-order valence-corrected chi connectivity index (χ3v) is 4.01. The molecule has 1 N–H and O–H groups in total. The third kappa shape index (κ3) is 1.29. The van der Waals surface area contributed by atoms with Gasteiger partial charge in [0.1, 0.15) is 11.2 Å². The Bertz CT molecular complexity index is 512. The van der Waals surface area contributed by atoms with Crippen LogP contribution in [0.2, 0.25) is 5.28 Å². The lowest BCUT2D eigenvalue weighted by molar-refractivity contribution is -0.124. The summed E-state index contributed by atoms with van der Waals surface area (Å²) in [7, 11) is 1.90. The molecule has 0 radical (unpaired) electrons. The minimum absolute atomic E-state index is 0.0489. The van der Waals surface area contributed by atoms with Crippen LogP contribution in [0, 0.1) is 6.92 Å². The number of hydrogen-bond acceptors (Lipinski definition) is 4. The van der Waals surface area contributed by atoms with Crippen molar-refractivity contribution in [1.29, 1.82) is 0 Å². The van der Waals surface area contributed by atoms with Gasteiger partial charge in [-0.3, -0.25) is 4.79 Å². The summed E-state index contributed by atoms with van der Waals surface area (Å²) in [6.45, 7) is 1.82. The van der Waals surface area contributed by atoms with Gasteiger partial charge in [0.2, 0.25) is 11.2 Å². The van der Waals surface area contributed by atoms with Gasteiger partial charge in [0, 0.05) is 7.05 Å². The summed E-state index contributed by atoms with van der Waals surface area (Å²) in [5.41, 5.74) is 0.964. The summed E-state index contributed by atoms with van der Waals surface area (Å²) in [5.74, 6) is 0.773. The van der Waals surface area contributed by atoms with Crippen LogP contribution >= 0.6 is 11.6 Å². The summed E-state index contributed by atoms with van der Waals surface area (Å²) in [6, 6.07) is 0. The summed E-state index contributed by atoms with van der Waals surface area (Å²) in [5, 5.41) is 3.14. The number of nitrogens with one attached hydrogen (secondary N) is 1. The van der Waals surface area contributed by atoms with Crippen molar-refractivity contribution < 1.29 is 4.79 Å². The van der Waals surface area contributed by atoms with Gasteiger partial charge in [-0.05, 0) is 37.8 Å². The van der Waals surface area contributed by atoms with Crippen LogP contribution in [0.5, 0.6) is 0 Å². The topological polar surface area (TPSA) is 58.1 Å². The van der Waals surface area contributed by atoms with Crippen LogP contribution in [-0.4, -0.2) is 28.5 Å².